The number of nitrogens with two attached hydrogens (primary N) is 2. The summed E-state index contributed by atoms with van der Waals surface area (Å²) < 4.78 is 37.3. The lowest BCUT2D eigenvalue weighted by molar-refractivity contribution is -0.137. The molecule has 0 bridgehead atoms. The summed E-state index contributed by atoms with van der Waals surface area (Å²) in [5, 5.41) is 8.66. The summed E-state index contributed by atoms with van der Waals surface area (Å²) in [4.78, 5) is 11.3. The number of halogens is 4. The van der Waals surface area contributed by atoms with E-state index >= 15 is 0 Å². The van der Waals surface area contributed by atoms with Gasteiger partial charge < -0.3 is 11.5 Å². The molecule has 1 amide bonds. The summed E-state index contributed by atoms with van der Waals surface area (Å²) in [6, 6.07) is 2.41. The van der Waals surface area contributed by atoms with Gasteiger partial charge >= 0.3 is 6.18 Å². The van der Waals surface area contributed by atoms with Crippen LogP contribution in [0.15, 0.2) is 18.2 Å². The first-order valence-electron chi connectivity index (χ1n) is 4.33. The van der Waals surface area contributed by atoms with Crippen LogP contribution in [0.5, 0.6) is 0 Å². The fourth-order valence-electron chi connectivity index (χ4n) is 1.14. The molecular formula is C9H10ClF3N4O. The van der Waals surface area contributed by atoms with Crippen LogP contribution in [0.25, 0.3) is 0 Å². The summed E-state index contributed by atoms with van der Waals surface area (Å²) in [6.07, 6.45) is -4.60. The van der Waals surface area contributed by atoms with Crippen molar-refractivity contribution in [2.45, 2.75) is 6.18 Å². The van der Waals surface area contributed by atoms with E-state index in [0.29, 0.717) is 12.1 Å². The van der Waals surface area contributed by atoms with Crippen molar-refractivity contribution in [1.82, 2.24) is 5.32 Å². The number of hydrogen-bond acceptors (Lipinski definition) is 3. The van der Waals surface area contributed by atoms with Gasteiger partial charge in [-0.05, 0) is 18.2 Å². The monoisotopic (exact) mass is 282 g/mol. The third-order valence-corrected chi connectivity index (χ3v) is 1.79. The molecule has 1 aromatic carbocycles. The van der Waals surface area contributed by atoms with Crippen LogP contribution in [0.1, 0.15) is 15.9 Å². The third kappa shape index (κ3) is 4.13. The Morgan fingerprint density at radius 2 is 1.83 bits per heavy atom. The minimum absolute atomic E-state index is 0. The zero-order valence-electron chi connectivity index (χ0n) is 8.84. The topological polar surface area (TPSA) is 105 Å². The number of nitrogen functional groups attached to an aromatic ring is 1. The third-order valence-electron chi connectivity index (χ3n) is 1.79. The number of amides is 1. The number of guanidine groups is 1. The highest BCUT2D eigenvalue weighted by atomic mass is 35.5. The van der Waals surface area contributed by atoms with Gasteiger partial charge in [0.1, 0.15) is 0 Å². The molecule has 100 valence electrons. The van der Waals surface area contributed by atoms with Crippen molar-refractivity contribution in [3.8, 4) is 0 Å². The first-order chi connectivity index (χ1) is 7.70. The zero-order valence-corrected chi connectivity index (χ0v) is 9.65. The smallest absolute Gasteiger partial charge is 0.399 e. The van der Waals surface area contributed by atoms with Crippen molar-refractivity contribution in [2.24, 2.45) is 5.73 Å². The molecule has 0 aliphatic heterocycles. The maximum Gasteiger partial charge on any atom is 0.416 e. The molecule has 0 aromatic heterocycles. The Bertz CT molecular complexity index is 475. The van der Waals surface area contributed by atoms with Gasteiger partial charge in [0, 0.05) is 11.3 Å². The van der Waals surface area contributed by atoms with Gasteiger partial charge in [-0.25, -0.2) is 0 Å². The summed E-state index contributed by atoms with van der Waals surface area (Å²) in [5.74, 6) is -1.58. The number of rotatable bonds is 1. The highest BCUT2D eigenvalue weighted by molar-refractivity contribution is 6.04. The molecule has 0 aliphatic rings. The molecule has 0 unspecified atom stereocenters. The van der Waals surface area contributed by atoms with Crippen molar-refractivity contribution in [3.63, 3.8) is 0 Å². The highest BCUT2D eigenvalue weighted by Gasteiger charge is 2.31. The zero-order chi connectivity index (χ0) is 13.2. The van der Waals surface area contributed by atoms with Gasteiger partial charge in [0.05, 0.1) is 5.56 Å². The van der Waals surface area contributed by atoms with Crippen molar-refractivity contribution in [2.75, 3.05) is 5.73 Å². The van der Waals surface area contributed by atoms with Crippen LogP contribution in [0.3, 0.4) is 0 Å². The number of hydrogen-bond donors (Lipinski definition) is 4. The number of benzene rings is 1. The lowest BCUT2D eigenvalue weighted by Gasteiger charge is -2.10. The number of carbonyl (C=O) groups is 1. The Morgan fingerprint density at radius 1 is 1.28 bits per heavy atom. The molecule has 0 saturated heterocycles. The fraction of sp³-hybridized carbons (Fsp3) is 0.111. The Morgan fingerprint density at radius 3 is 2.28 bits per heavy atom. The standard InChI is InChI=1S/C9H9F3N4O.ClH/c10-9(11,12)5-1-4(2-6(13)3-5)7(17)16-8(14)15;/h1-3H,13H2,(H4,14,15,16,17);1H. The van der Waals surface area contributed by atoms with E-state index in [1.54, 1.807) is 0 Å². The lowest BCUT2D eigenvalue weighted by Crippen LogP contribution is -2.35. The molecule has 0 heterocycles. The fourth-order valence-corrected chi connectivity index (χ4v) is 1.14. The number of nitrogens with one attached hydrogen (secondary N) is 2. The second kappa shape index (κ2) is 5.58. The molecule has 0 spiro atoms. The SMILES string of the molecule is Cl.N=C(N)NC(=O)c1cc(N)cc(C(F)(F)F)c1. The Labute approximate surface area is 106 Å². The molecular weight excluding hydrogens is 273 g/mol. The molecule has 5 nitrogen and oxygen atoms in total. The van der Waals surface area contributed by atoms with Crippen molar-refractivity contribution >= 4 is 30.0 Å². The summed E-state index contributed by atoms with van der Waals surface area (Å²) in [7, 11) is 0. The van der Waals surface area contributed by atoms with Crippen LogP contribution in [0.4, 0.5) is 18.9 Å². The molecule has 6 N–H and O–H groups in total. The minimum Gasteiger partial charge on any atom is -0.399 e. The largest absolute Gasteiger partial charge is 0.416 e. The van der Waals surface area contributed by atoms with E-state index in [4.69, 9.17) is 16.9 Å². The van der Waals surface area contributed by atoms with Crippen LogP contribution in [-0.4, -0.2) is 11.9 Å². The normalized spacial score (nSPS) is 10.4. The van der Waals surface area contributed by atoms with E-state index in [0.717, 1.165) is 6.07 Å². The first kappa shape index (κ1) is 16.0. The Hall–Kier alpha value is -1.96. The van der Waals surface area contributed by atoms with Crippen LogP contribution in [-0.2, 0) is 6.18 Å². The van der Waals surface area contributed by atoms with E-state index in [1.807, 2.05) is 5.32 Å². The molecule has 18 heavy (non-hydrogen) atoms. The van der Waals surface area contributed by atoms with Gasteiger partial charge in [-0.15, -0.1) is 12.4 Å². The Kier molecular flexibility index (Phi) is 4.98. The lowest BCUT2D eigenvalue weighted by atomic mass is 10.1. The Balaban J connectivity index is 0.00000289. The van der Waals surface area contributed by atoms with E-state index in [-0.39, 0.29) is 23.7 Å². The van der Waals surface area contributed by atoms with Crippen LogP contribution >= 0.6 is 12.4 Å². The first-order valence-corrected chi connectivity index (χ1v) is 4.33. The molecule has 1 rings (SSSR count). The van der Waals surface area contributed by atoms with Gasteiger partial charge in [0.15, 0.2) is 5.96 Å². The molecule has 0 atom stereocenters. The second-order valence-electron chi connectivity index (χ2n) is 3.21. The van der Waals surface area contributed by atoms with E-state index in [1.165, 1.54) is 0 Å². The maximum absolute atomic E-state index is 12.4. The average molecular weight is 283 g/mol. The number of anilines is 1. The van der Waals surface area contributed by atoms with Crippen molar-refractivity contribution < 1.29 is 18.0 Å². The quantitative estimate of drug-likeness (QED) is 0.355. The van der Waals surface area contributed by atoms with Gasteiger partial charge in [-0.1, -0.05) is 0 Å². The average Bonchev–Trinajstić information content (AvgIpc) is 2.14. The van der Waals surface area contributed by atoms with Gasteiger partial charge in [-0.2, -0.15) is 13.2 Å². The molecule has 9 heteroatoms. The number of alkyl halides is 3. The van der Waals surface area contributed by atoms with Crippen LogP contribution in [0.2, 0.25) is 0 Å². The van der Waals surface area contributed by atoms with Crippen molar-refractivity contribution in [1.29, 1.82) is 5.41 Å². The predicted molar refractivity (Wildman–Crippen MR) is 62.5 cm³/mol. The summed E-state index contributed by atoms with van der Waals surface area (Å²) in [6.45, 7) is 0. The van der Waals surface area contributed by atoms with E-state index in [2.05, 4.69) is 0 Å². The molecule has 0 fully saturated rings. The van der Waals surface area contributed by atoms with Gasteiger partial charge in [0.25, 0.3) is 5.91 Å². The maximum atomic E-state index is 12.4. The number of carbonyl (C=O) groups excluding carboxylic acids is 1. The predicted octanol–water partition coefficient (Wildman–Crippen LogP) is 1.33. The minimum atomic E-state index is -4.60. The van der Waals surface area contributed by atoms with E-state index < -0.39 is 23.6 Å². The molecule has 1 aromatic rings. The molecule has 0 radical (unpaired) electrons. The molecule has 0 saturated carbocycles. The summed E-state index contributed by atoms with van der Waals surface area (Å²) >= 11 is 0. The van der Waals surface area contributed by atoms with Gasteiger partial charge in [0.2, 0.25) is 0 Å². The van der Waals surface area contributed by atoms with E-state index in [9.17, 15) is 18.0 Å². The highest BCUT2D eigenvalue weighted by Crippen LogP contribution is 2.31. The van der Waals surface area contributed by atoms with Crippen LogP contribution in [0, 0.1) is 5.41 Å². The van der Waals surface area contributed by atoms with Gasteiger partial charge in [-0.3, -0.25) is 15.5 Å². The van der Waals surface area contributed by atoms with Crippen LogP contribution < -0.4 is 16.8 Å². The summed E-state index contributed by atoms with van der Waals surface area (Å²) in [5.41, 5.74) is 8.60. The molecule has 0 aliphatic carbocycles. The second-order valence-corrected chi connectivity index (χ2v) is 3.21. The van der Waals surface area contributed by atoms with Crippen molar-refractivity contribution in [3.05, 3.63) is 29.3 Å².